The van der Waals surface area contributed by atoms with E-state index in [1.807, 2.05) is 35.0 Å². The van der Waals surface area contributed by atoms with Gasteiger partial charge in [-0.1, -0.05) is 12.1 Å². The van der Waals surface area contributed by atoms with Gasteiger partial charge in [-0.2, -0.15) is 0 Å². The number of rotatable bonds is 6. The number of carbonyl (C=O) groups is 1. The van der Waals surface area contributed by atoms with Gasteiger partial charge >= 0.3 is 0 Å². The molecule has 26 heavy (non-hydrogen) atoms. The molecule has 0 bridgehead atoms. The number of anilines is 1. The first kappa shape index (κ1) is 17.3. The Morgan fingerprint density at radius 2 is 1.73 bits per heavy atom. The summed E-state index contributed by atoms with van der Waals surface area (Å²) in [6.07, 6.45) is 5.16. The number of methoxy groups -OCH3 is 3. The summed E-state index contributed by atoms with van der Waals surface area (Å²) in [6, 6.07) is 10.7. The predicted molar refractivity (Wildman–Crippen MR) is 97.6 cm³/mol. The van der Waals surface area contributed by atoms with Crippen LogP contribution in [0.25, 0.3) is 5.69 Å². The molecule has 1 amide bonds. The third kappa shape index (κ3) is 3.32. The van der Waals surface area contributed by atoms with E-state index in [0.717, 1.165) is 5.69 Å². The van der Waals surface area contributed by atoms with Gasteiger partial charge in [0, 0.05) is 18.0 Å². The quantitative estimate of drug-likeness (QED) is 0.737. The first-order valence-electron chi connectivity index (χ1n) is 7.86. The number of hydrogen-bond donors (Lipinski definition) is 1. The third-order valence-electron chi connectivity index (χ3n) is 3.86. The van der Waals surface area contributed by atoms with E-state index in [-0.39, 0.29) is 5.91 Å². The van der Waals surface area contributed by atoms with Gasteiger partial charge in [0.05, 0.1) is 39.0 Å². The van der Waals surface area contributed by atoms with Crippen molar-refractivity contribution in [1.29, 1.82) is 0 Å². The minimum Gasteiger partial charge on any atom is -0.493 e. The van der Waals surface area contributed by atoms with E-state index < -0.39 is 0 Å². The van der Waals surface area contributed by atoms with Gasteiger partial charge in [-0.15, -0.1) is 0 Å². The van der Waals surface area contributed by atoms with Crippen LogP contribution in [0.4, 0.5) is 5.69 Å². The number of aromatic nitrogens is 2. The van der Waals surface area contributed by atoms with E-state index in [1.54, 1.807) is 24.7 Å². The summed E-state index contributed by atoms with van der Waals surface area (Å²) in [5.74, 6) is 0.974. The molecule has 0 aliphatic heterocycles. The monoisotopic (exact) mass is 353 g/mol. The van der Waals surface area contributed by atoms with Crippen LogP contribution in [0, 0.1) is 0 Å². The zero-order valence-electron chi connectivity index (χ0n) is 14.7. The third-order valence-corrected chi connectivity index (χ3v) is 3.86. The number of carbonyl (C=O) groups excluding carboxylic acids is 1. The highest BCUT2D eigenvalue weighted by atomic mass is 16.5. The molecule has 0 saturated carbocycles. The number of para-hydroxylation sites is 2. The van der Waals surface area contributed by atoms with Crippen LogP contribution in [0.3, 0.4) is 0 Å². The molecule has 0 unspecified atom stereocenters. The summed E-state index contributed by atoms with van der Waals surface area (Å²) in [6.45, 7) is 0. The molecular weight excluding hydrogens is 334 g/mol. The van der Waals surface area contributed by atoms with Crippen LogP contribution >= 0.6 is 0 Å². The molecule has 0 atom stereocenters. The summed E-state index contributed by atoms with van der Waals surface area (Å²) in [5.41, 5.74) is 1.86. The Kier molecular flexibility index (Phi) is 5.07. The second-order valence-corrected chi connectivity index (χ2v) is 5.36. The number of imidazole rings is 1. The molecule has 7 nitrogen and oxygen atoms in total. The number of hydrogen-bond acceptors (Lipinski definition) is 5. The van der Waals surface area contributed by atoms with Gasteiger partial charge in [0.15, 0.2) is 11.5 Å². The van der Waals surface area contributed by atoms with Crippen LogP contribution in [0.1, 0.15) is 10.4 Å². The maximum absolute atomic E-state index is 12.8. The van der Waals surface area contributed by atoms with Crippen molar-refractivity contribution in [3.8, 4) is 22.9 Å². The van der Waals surface area contributed by atoms with Crippen molar-refractivity contribution >= 4 is 11.6 Å². The fourth-order valence-electron chi connectivity index (χ4n) is 2.61. The second-order valence-electron chi connectivity index (χ2n) is 5.36. The minimum atomic E-state index is -0.295. The zero-order valence-corrected chi connectivity index (χ0v) is 14.7. The summed E-state index contributed by atoms with van der Waals surface area (Å²) >= 11 is 0. The number of benzene rings is 2. The lowest BCUT2D eigenvalue weighted by atomic mass is 10.1. The minimum absolute atomic E-state index is 0.295. The lowest BCUT2D eigenvalue weighted by Crippen LogP contribution is -2.14. The van der Waals surface area contributed by atoms with Crippen molar-refractivity contribution in [3.63, 3.8) is 0 Å². The van der Waals surface area contributed by atoms with Crippen LogP contribution in [0.2, 0.25) is 0 Å². The largest absolute Gasteiger partial charge is 0.493 e. The number of amides is 1. The molecule has 7 heteroatoms. The standard InChI is InChI=1S/C19H19N3O4/c1-24-16-10-13(11-17(25-2)18(16)26-3)19(23)21-14-6-4-5-7-15(14)22-9-8-20-12-22/h4-12H,1-3H3,(H,21,23). The first-order valence-corrected chi connectivity index (χ1v) is 7.86. The fraction of sp³-hybridized carbons (Fsp3) is 0.158. The van der Waals surface area contributed by atoms with E-state index in [0.29, 0.717) is 28.5 Å². The Bertz CT molecular complexity index is 882. The zero-order chi connectivity index (χ0) is 18.5. The molecule has 0 aliphatic carbocycles. The fourth-order valence-corrected chi connectivity index (χ4v) is 2.61. The first-order chi connectivity index (χ1) is 12.7. The predicted octanol–water partition coefficient (Wildman–Crippen LogP) is 3.15. The van der Waals surface area contributed by atoms with Crippen LogP contribution in [-0.2, 0) is 0 Å². The SMILES string of the molecule is COc1cc(C(=O)Nc2ccccc2-n2ccnc2)cc(OC)c1OC. The maximum atomic E-state index is 12.8. The molecule has 1 heterocycles. The normalized spacial score (nSPS) is 10.3. The van der Waals surface area contributed by atoms with Gasteiger partial charge in [0.2, 0.25) is 5.75 Å². The van der Waals surface area contributed by atoms with Crippen LogP contribution in [0.15, 0.2) is 55.1 Å². The summed E-state index contributed by atoms with van der Waals surface area (Å²) in [5, 5.41) is 2.92. The van der Waals surface area contributed by atoms with E-state index in [2.05, 4.69) is 10.3 Å². The number of nitrogens with zero attached hydrogens (tertiary/aromatic N) is 2. The highest BCUT2D eigenvalue weighted by Crippen LogP contribution is 2.38. The molecule has 0 fully saturated rings. The van der Waals surface area contributed by atoms with Gasteiger partial charge in [-0.05, 0) is 24.3 Å². The highest BCUT2D eigenvalue weighted by Gasteiger charge is 2.18. The van der Waals surface area contributed by atoms with Crippen LogP contribution in [0.5, 0.6) is 17.2 Å². The smallest absolute Gasteiger partial charge is 0.255 e. The summed E-state index contributed by atoms with van der Waals surface area (Å²) < 4.78 is 17.7. The lowest BCUT2D eigenvalue weighted by molar-refractivity contribution is 0.102. The Morgan fingerprint density at radius 1 is 1.04 bits per heavy atom. The molecule has 0 saturated heterocycles. The Hall–Kier alpha value is -3.48. The molecule has 0 radical (unpaired) electrons. The average molecular weight is 353 g/mol. The molecule has 3 aromatic rings. The van der Waals surface area contributed by atoms with E-state index >= 15 is 0 Å². The lowest BCUT2D eigenvalue weighted by Gasteiger charge is -2.15. The average Bonchev–Trinajstić information content (AvgIpc) is 3.21. The topological polar surface area (TPSA) is 74.6 Å². The van der Waals surface area contributed by atoms with Crippen molar-refractivity contribution in [2.75, 3.05) is 26.6 Å². The van der Waals surface area contributed by atoms with Crippen molar-refractivity contribution in [1.82, 2.24) is 9.55 Å². The van der Waals surface area contributed by atoms with Crippen molar-refractivity contribution in [2.45, 2.75) is 0 Å². The van der Waals surface area contributed by atoms with Crippen LogP contribution < -0.4 is 19.5 Å². The Morgan fingerprint density at radius 3 is 2.31 bits per heavy atom. The molecule has 134 valence electrons. The molecule has 0 aliphatic rings. The molecule has 1 aromatic heterocycles. The van der Waals surface area contributed by atoms with Gasteiger partial charge in [-0.25, -0.2) is 4.98 Å². The number of nitrogens with one attached hydrogen (secondary N) is 1. The van der Waals surface area contributed by atoms with Gasteiger partial charge in [-0.3, -0.25) is 4.79 Å². The second kappa shape index (κ2) is 7.60. The molecule has 3 rings (SSSR count). The molecular formula is C19H19N3O4. The van der Waals surface area contributed by atoms with E-state index in [4.69, 9.17) is 14.2 Å². The highest BCUT2D eigenvalue weighted by molar-refractivity contribution is 6.06. The van der Waals surface area contributed by atoms with Gasteiger partial charge in [0.1, 0.15) is 0 Å². The van der Waals surface area contributed by atoms with E-state index in [9.17, 15) is 4.79 Å². The van der Waals surface area contributed by atoms with Gasteiger partial charge in [0.25, 0.3) is 5.91 Å². The van der Waals surface area contributed by atoms with Gasteiger partial charge < -0.3 is 24.1 Å². The van der Waals surface area contributed by atoms with E-state index in [1.165, 1.54) is 21.3 Å². The summed E-state index contributed by atoms with van der Waals surface area (Å²) in [7, 11) is 4.53. The Labute approximate surface area is 151 Å². The molecule has 1 N–H and O–H groups in total. The number of ether oxygens (including phenoxy) is 3. The summed E-state index contributed by atoms with van der Waals surface area (Å²) in [4.78, 5) is 16.8. The molecule has 2 aromatic carbocycles. The van der Waals surface area contributed by atoms with Crippen LogP contribution in [-0.4, -0.2) is 36.8 Å². The van der Waals surface area contributed by atoms with Crippen molar-refractivity contribution in [3.05, 3.63) is 60.7 Å². The van der Waals surface area contributed by atoms with Crippen molar-refractivity contribution in [2.24, 2.45) is 0 Å². The van der Waals surface area contributed by atoms with Crippen molar-refractivity contribution < 1.29 is 19.0 Å². The molecule has 0 spiro atoms. The maximum Gasteiger partial charge on any atom is 0.255 e. The Balaban J connectivity index is 1.95.